The molecule has 21 heavy (non-hydrogen) atoms. The van der Waals surface area contributed by atoms with Crippen LogP contribution in [-0.4, -0.2) is 24.1 Å². The zero-order valence-electron chi connectivity index (χ0n) is 12.1. The average molecular weight is 349 g/mol. The average Bonchev–Trinajstić information content (AvgIpc) is 3.27. The normalized spacial score (nSPS) is 14.2. The van der Waals surface area contributed by atoms with Gasteiger partial charge in [0.1, 0.15) is 0 Å². The van der Waals surface area contributed by atoms with Crippen molar-refractivity contribution in [3.8, 4) is 0 Å². The second-order valence-corrected chi connectivity index (χ2v) is 6.30. The number of hydrogen-bond acceptors (Lipinski definition) is 4. The van der Waals surface area contributed by atoms with Crippen molar-refractivity contribution in [3.05, 3.63) is 33.9 Å². The third-order valence-corrected chi connectivity index (χ3v) is 4.22. The lowest BCUT2D eigenvalue weighted by molar-refractivity contribution is -0.139. The van der Waals surface area contributed by atoms with Gasteiger partial charge in [-0.1, -0.05) is 15.9 Å². The van der Waals surface area contributed by atoms with E-state index in [1.165, 1.54) is 20.0 Å². The number of fused-ring (bicyclic) bond motifs is 1. The van der Waals surface area contributed by atoms with E-state index in [2.05, 4.69) is 26.2 Å². The molecule has 0 atom stereocenters. The van der Waals surface area contributed by atoms with E-state index < -0.39 is 0 Å². The third-order valence-electron chi connectivity index (χ3n) is 3.73. The summed E-state index contributed by atoms with van der Waals surface area (Å²) in [5.41, 5.74) is 3.76. The largest absolute Gasteiger partial charge is 0.469 e. The maximum absolute atomic E-state index is 11.7. The van der Waals surface area contributed by atoms with Crippen LogP contribution in [0.3, 0.4) is 0 Å². The Hall–Kier alpha value is -1.62. The summed E-state index contributed by atoms with van der Waals surface area (Å²) in [7, 11) is 1.41. The third kappa shape index (κ3) is 3.02. The number of benzene rings is 1. The molecule has 1 aromatic heterocycles. The topological polar surface area (TPSA) is 51.2 Å². The lowest BCUT2D eigenvalue weighted by atomic mass is 10.0. The molecule has 0 bridgehead atoms. The summed E-state index contributed by atoms with van der Waals surface area (Å²) in [5.74, 6) is -0.243. The number of methoxy groups -OCH3 is 1. The molecule has 2 aromatic rings. The van der Waals surface area contributed by atoms with Gasteiger partial charge in [-0.05, 0) is 38.0 Å². The number of ether oxygens (including phenoxy) is 1. The minimum Gasteiger partial charge on any atom is -0.469 e. The van der Waals surface area contributed by atoms with Gasteiger partial charge in [0.25, 0.3) is 0 Å². The number of carbonyl (C=O) groups is 1. The summed E-state index contributed by atoms with van der Waals surface area (Å²) in [4.78, 5) is 16.3. The highest BCUT2D eigenvalue weighted by molar-refractivity contribution is 9.10. The summed E-state index contributed by atoms with van der Waals surface area (Å²) < 4.78 is 5.82. The highest BCUT2D eigenvalue weighted by Crippen LogP contribution is 2.35. The highest BCUT2D eigenvalue weighted by atomic mass is 79.9. The van der Waals surface area contributed by atoms with Gasteiger partial charge in [-0.25, -0.2) is 0 Å². The van der Waals surface area contributed by atoms with E-state index in [0.29, 0.717) is 6.04 Å². The number of pyridine rings is 1. The zero-order valence-corrected chi connectivity index (χ0v) is 13.7. The van der Waals surface area contributed by atoms with Crippen molar-refractivity contribution < 1.29 is 9.53 Å². The second-order valence-electron chi connectivity index (χ2n) is 5.38. The van der Waals surface area contributed by atoms with Crippen molar-refractivity contribution >= 4 is 38.5 Å². The number of esters is 1. The summed E-state index contributed by atoms with van der Waals surface area (Å²) in [6.45, 7) is 1.94. The van der Waals surface area contributed by atoms with E-state index in [4.69, 9.17) is 4.74 Å². The van der Waals surface area contributed by atoms with E-state index in [1.54, 1.807) is 0 Å². The fraction of sp³-hybridized carbons (Fsp3) is 0.375. The number of carbonyl (C=O) groups excluding carboxylic acids is 1. The van der Waals surface area contributed by atoms with Crippen molar-refractivity contribution in [1.29, 1.82) is 0 Å². The Balaban J connectivity index is 2.17. The number of halogens is 1. The van der Waals surface area contributed by atoms with Crippen LogP contribution in [0.25, 0.3) is 10.9 Å². The summed E-state index contributed by atoms with van der Waals surface area (Å²) in [6.07, 6.45) is 2.59. The molecular weight excluding hydrogens is 332 g/mol. The highest BCUT2D eigenvalue weighted by Gasteiger charge is 2.25. The summed E-state index contributed by atoms with van der Waals surface area (Å²) >= 11 is 3.51. The number of hydrogen-bond donors (Lipinski definition) is 1. The number of rotatable bonds is 4. The van der Waals surface area contributed by atoms with Crippen LogP contribution >= 0.6 is 15.9 Å². The van der Waals surface area contributed by atoms with Gasteiger partial charge in [0, 0.05) is 32.8 Å². The van der Waals surface area contributed by atoms with Gasteiger partial charge in [-0.15, -0.1) is 0 Å². The van der Waals surface area contributed by atoms with Gasteiger partial charge in [0.15, 0.2) is 0 Å². The molecule has 1 saturated carbocycles. The minimum absolute atomic E-state index is 0.243. The predicted molar refractivity (Wildman–Crippen MR) is 86.5 cm³/mol. The van der Waals surface area contributed by atoms with Crippen LogP contribution in [0.2, 0.25) is 0 Å². The molecule has 110 valence electrons. The molecule has 1 aromatic carbocycles. The first kappa shape index (κ1) is 14.3. The molecule has 1 heterocycles. The zero-order chi connectivity index (χ0) is 15.0. The molecule has 5 heteroatoms. The van der Waals surface area contributed by atoms with E-state index in [1.807, 2.05) is 25.1 Å². The van der Waals surface area contributed by atoms with Crippen molar-refractivity contribution in [1.82, 2.24) is 4.98 Å². The molecule has 0 unspecified atom stereocenters. The lowest BCUT2D eigenvalue weighted by Crippen LogP contribution is -2.12. The molecule has 1 N–H and O–H groups in total. The molecule has 1 aliphatic carbocycles. The van der Waals surface area contributed by atoms with Gasteiger partial charge in [-0.3, -0.25) is 9.78 Å². The van der Waals surface area contributed by atoms with Crippen molar-refractivity contribution in [2.45, 2.75) is 32.2 Å². The Morgan fingerprint density at radius 2 is 2.24 bits per heavy atom. The molecule has 3 rings (SSSR count). The van der Waals surface area contributed by atoms with Gasteiger partial charge >= 0.3 is 5.97 Å². The van der Waals surface area contributed by atoms with Crippen molar-refractivity contribution in [3.63, 3.8) is 0 Å². The van der Waals surface area contributed by atoms with Gasteiger partial charge in [0.2, 0.25) is 0 Å². The fourth-order valence-electron chi connectivity index (χ4n) is 2.43. The Kier molecular flexibility index (Phi) is 3.85. The van der Waals surface area contributed by atoms with Crippen LogP contribution in [0, 0.1) is 6.92 Å². The Morgan fingerprint density at radius 1 is 1.48 bits per heavy atom. The summed E-state index contributed by atoms with van der Waals surface area (Å²) in [6, 6.07) is 6.53. The van der Waals surface area contributed by atoms with Crippen molar-refractivity contribution in [2.24, 2.45) is 0 Å². The van der Waals surface area contributed by atoms with E-state index >= 15 is 0 Å². The molecular formula is C16H17BrN2O2. The molecule has 1 aliphatic rings. The number of nitrogens with zero attached hydrogens (tertiary/aromatic N) is 1. The van der Waals surface area contributed by atoms with Crippen LogP contribution in [0.1, 0.15) is 24.1 Å². The minimum atomic E-state index is -0.243. The van der Waals surface area contributed by atoms with E-state index in [0.717, 1.165) is 32.3 Å². The smallest absolute Gasteiger partial charge is 0.310 e. The monoisotopic (exact) mass is 348 g/mol. The summed E-state index contributed by atoms with van der Waals surface area (Å²) in [5, 5.41) is 4.60. The Bertz CT molecular complexity index is 711. The molecule has 0 saturated heterocycles. The second kappa shape index (κ2) is 5.64. The molecule has 0 aliphatic heterocycles. The first-order valence-electron chi connectivity index (χ1n) is 7.00. The van der Waals surface area contributed by atoms with Crippen molar-refractivity contribution in [2.75, 3.05) is 12.4 Å². The standard InChI is InChI=1S/C16H17BrN2O2/c1-9-12(8-15(20)21-2)16(19-11-4-5-11)13-7-10(17)3-6-14(13)18-9/h3,6-7,11H,4-5,8H2,1-2H3,(H,18,19). The fourth-order valence-corrected chi connectivity index (χ4v) is 2.79. The Labute approximate surface area is 132 Å². The number of nitrogens with one attached hydrogen (secondary N) is 1. The predicted octanol–water partition coefficient (Wildman–Crippen LogP) is 3.60. The molecule has 1 fully saturated rings. The van der Waals surface area contributed by atoms with Crippen LogP contribution in [-0.2, 0) is 16.0 Å². The van der Waals surface area contributed by atoms with Gasteiger partial charge in [-0.2, -0.15) is 0 Å². The van der Waals surface area contributed by atoms with E-state index in [-0.39, 0.29) is 12.4 Å². The van der Waals surface area contributed by atoms with E-state index in [9.17, 15) is 4.79 Å². The molecule has 0 amide bonds. The Morgan fingerprint density at radius 3 is 2.90 bits per heavy atom. The number of aromatic nitrogens is 1. The lowest BCUT2D eigenvalue weighted by Gasteiger charge is -2.16. The SMILES string of the molecule is COC(=O)Cc1c(C)nc2ccc(Br)cc2c1NC1CC1. The van der Waals surface area contributed by atoms with Gasteiger partial charge < -0.3 is 10.1 Å². The van der Waals surface area contributed by atoms with Crippen LogP contribution in [0.5, 0.6) is 0 Å². The quantitative estimate of drug-likeness (QED) is 0.857. The first-order chi connectivity index (χ1) is 10.1. The molecule has 4 nitrogen and oxygen atoms in total. The number of aryl methyl sites for hydroxylation is 1. The molecule has 0 radical (unpaired) electrons. The first-order valence-corrected chi connectivity index (χ1v) is 7.80. The van der Waals surface area contributed by atoms with Crippen LogP contribution in [0.4, 0.5) is 5.69 Å². The van der Waals surface area contributed by atoms with Gasteiger partial charge in [0.05, 0.1) is 19.0 Å². The maximum Gasteiger partial charge on any atom is 0.310 e. The van der Waals surface area contributed by atoms with Crippen LogP contribution in [0.15, 0.2) is 22.7 Å². The maximum atomic E-state index is 11.7. The van der Waals surface area contributed by atoms with Crippen LogP contribution < -0.4 is 5.32 Å². The molecule has 0 spiro atoms. The number of anilines is 1.